The third kappa shape index (κ3) is 2.95. The molecule has 2 aromatic heterocycles. The lowest BCUT2D eigenvalue weighted by Crippen LogP contribution is -2.13. The van der Waals surface area contributed by atoms with Crippen LogP contribution in [0.5, 0.6) is 0 Å². The second-order valence-corrected chi connectivity index (χ2v) is 4.89. The summed E-state index contributed by atoms with van der Waals surface area (Å²) < 4.78 is 3.52. The van der Waals surface area contributed by atoms with Gasteiger partial charge in [0.25, 0.3) is 0 Å². The van der Waals surface area contributed by atoms with E-state index in [0.717, 1.165) is 12.4 Å². The summed E-state index contributed by atoms with van der Waals surface area (Å²) in [7, 11) is 1.83. The molecule has 0 amide bonds. The molecule has 0 aliphatic rings. The molecular weight excluding hydrogens is 230 g/mol. The summed E-state index contributed by atoms with van der Waals surface area (Å²) in [6.45, 7) is 5.06. The maximum Gasteiger partial charge on any atom is 0.138 e. The molecule has 98 valence electrons. The summed E-state index contributed by atoms with van der Waals surface area (Å²) in [5.74, 6) is 1.29. The molecule has 2 aromatic rings. The molecule has 1 atom stereocenters. The highest BCUT2D eigenvalue weighted by Crippen LogP contribution is 2.15. The normalized spacial score (nSPS) is 13.2. The SMILES string of the molecule is CC(C)Cn1ncnc1CC(O)c1ccn(C)n1. The summed E-state index contributed by atoms with van der Waals surface area (Å²) in [5, 5.41) is 18.5. The van der Waals surface area contributed by atoms with Gasteiger partial charge in [-0.15, -0.1) is 0 Å². The van der Waals surface area contributed by atoms with E-state index in [1.54, 1.807) is 4.68 Å². The van der Waals surface area contributed by atoms with Crippen LogP contribution >= 0.6 is 0 Å². The number of hydrogen-bond donors (Lipinski definition) is 1. The molecule has 1 N–H and O–H groups in total. The Balaban J connectivity index is 2.07. The first-order valence-corrected chi connectivity index (χ1v) is 6.10. The number of aliphatic hydroxyl groups excluding tert-OH is 1. The fourth-order valence-corrected chi connectivity index (χ4v) is 1.83. The molecule has 0 bridgehead atoms. The average Bonchev–Trinajstić information content (AvgIpc) is 2.88. The Kier molecular flexibility index (Phi) is 3.76. The largest absolute Gasteiger partial charge is 0.386 e. The van der Waals surface area contributed by atoms with Gasteiger partial charge in [-0.05, 0) is 12.0 Å². The topological polar surface area (TPSA) is 68.8 Å². The van der Waals surface area contributed by atoms with E-state index in [0.29, 0.717) is 18.0 Å². The van der Waals surface area contributed by atoms with Crippen LogP contribution in [-0.4, -0.2) is 29.7 Å². The van der Waals surface area contributed by atoms with Crippen LogP contribution in [0.25, 0.3) is 0 Å². The van der Waals surface area contributed by atoms with E-state index in [-0.39, 0.29) is 0 Å². The van der Waals surface area contributed by atoms with Crippen LogP contribution in [0.4, 0.5) is 0 Å². The van der Waals surface area contributed by atoms with E-state index < -0.39 is 6.10 Å². The first-order chi connectivity index (χ1) is 8.56. The number of aromatic nitrogens is 5. The van der Waals surface area contributed by atoms with E-state index in [4.69, 9.17) is 0 Å². The van der Waals surface area contributed by atoms with E-state index in [9.17, 15) is 5.11 Å². The van der Waals surface area contributed by atoms with Crippen LogP contribution in [0, 0.1) is 5.92 Å². The van der Waals surface area contributed by atoms with Crippen molar-refractivity contribution in [2.24, 2.45) is 13.0 Å². The third-order valence-corrected chi connectivity index (χ3v) is 2.69. The molecule has 6 nitrogen and oxygen atoms in total. The quantitative estimate of drug-likeness (QED) is 0.856. The van der Waals surface area contributed by atoms with Crippen LogP contribution < -0.4 is 0 Å². The molecule has 0 spiro atoms. The van der Waals surface area contributed by atoms with Crippen LogP contribution in [0.1, 0.15) is 31.5 Å². The van der Waals surface area contributed by atoms with Gasteiger partial charge in [0.2, 0.25) is 0 Å². The minimum absolute atomic E-state index is 0.434. The molecular formula is C12H19N5O. The van der Waals surface area contributed by atoms with Gasteiger partial charge in [0.1, 0.15) is 18.3 Å². The molecule has 0 aliphatic heterocycles. The molecule has 18 heavy (non-hydrogen) atoms. The van der Waals surface area contributed by atoms with E-state index in [1.165, 1.54) is 6.33 Å². The maximum atomic E-state index is 10.1. The molecule has 2 heterocycles. The van der Waals surface area contributed by atoms with Gasteiger partial charge in [-0.25, -0.2) is 9.67 Å². The zero-order valence-corrected chi connectivity index (χ0v) is 11.0. The molecule has 0 aliphatic carbocycles. The summed E-state index contributed by atoms with van der Waals surface area (Å²) in [5.41, 5.74) is 0.664. The van der Waals surface area contributed by atoms with Crippen LogP contribution in [0.2, 0.25) is 0 Å². The second-order valence-electron chi connectivity index (χ2n) is 4.89. The standard InChI is InChI=1S/C12H19N5O/c1-9(2)7-17-12(13-8-14-17)6-11(18)10-4-5-16(3)15-10/h4-5,8-9,11,18H,6-7H2,1-3H3. The molecule has 6 heteroatoms. The van der Waals surface area contributed by atoms with Crippen molar-refractivity contribution in [3.05, 3.63) is 30.1 Å². The Morgan fingerprint density at radius 3 is 2.78 bits per heavy atom. The summed E-state index contributed by atoms with van der Waals surface area (Å²) >= 11 is 0. The third-order valence-electron chi connectivity index (χ3n) is 2.69. The van der Waals surface area contributed by atoms with Crippen molar-refractivity contribution in [3.8, 4) is 0 Å². The molecule has 0 saturated carbocycles. The van der Waals surface area contributed by atoms with Gasteiger partial charge in [0.15, 0.2) is 0 Å². The van der Waals surface area contributed by atoms with Crippen LogP contribution in [0.3, 0.4) is 0 Å². The Bertz CT molecular complexity index is 502. The Labute approximate surface area is 106 Å². The van der Waals surface area contributed by atoms with Crippen molar-refractivity contribution in [2.75, 3.05) is 0 Å². The Morgan fingerprint density at radius 1 is 1.39 bits per heavy atom. The second kappa shape index (κ2) is 5.30. The number of hydrogen-bond acceptors (Lipinski definition) is 4. The van der Waals surface area contributed by atoms with Crippen molar-refractivity contribution < 1.29 is 5.11 Å². The first-order valence-electron chi connectivity index (χ1n) is 6.10. The van der Waals surface area contributed by atoms with Gasteiger partial charge < -0.3 is 5.11 Å². The molecule has 0 saturated heterocycles. The predicted molar refractivity (Wildman–Crippen MR) is 66.7 cm³/mol. The number of aliphatic hydroxyl groups is 1. The zero-order chi connectivity index (χ0) is 13.1. The Hall–Kier alpha value is -1.69. The van der Waals surface area contributed by atoms with Crippen molar-refractivity contribution >= 4 is 0 Å². The minimum Gasteiger partial charge on any atom is -0.386 e. The zero-order valence-electron chi connectivity index (χ0n) is 11.0. The molecule has 0 radical (unpaired) electrons. The van der Waals surface area contributed by atoms with Gasteiger partial charge in [-0.2, -0.15) is 10.2 Å². The lowest BCUT2D eigenvalue weighted by atomic mass is 10.1. The molecule has 2 rings (SSSR count). The maximum absolute atomic E-state index is 10.1. The highest BCUT2D eigenvalue weighted by Gasteiger charge is 2.15. The fourth-order valence-electron chi connectivity index (χ4n) is 1.83. The Morgan fingerprint density at radius 2 is 2.17 bits per heavy atom. The van der Waals surface area contributed by atoms with Crippen molar-refractivity contribution in [1.82, 2.24) is 24.5 Å². The lowest BCUT2D eigenvalue weighted by molar-refractivity contribution is 0.168. The van der Waals surface area contributed by atoms with Gasteiger partial charge in [-0.1, -0.05) is 13.8 Å². The van der Waals surface area contributed by atoms with Crippen LogP contribution in [-0.2, 0) is 20.0 Å². The number of aryl methyl sites for hydroxylation is 1. The van der Waals surface area contributed by atoms with Gasteiger partial charge in [-0.3, -0.25) is 4.68 Å². The van der Waals surface area contributed by atoms with Crippen molar-refractivity contribution in [2.45, 2.75) is 32.9 Å². The van der Waals surface area contributed by atoms with Crippen molar-refractivity contribution in [3.63, 3.8) is 0 Å². The van der Waals surface area contributed by atoms with Gasteiger partial charge >= 0.3 is 0 Å². The first kappa shape index (κ1) is 12.8. The highest BCUT2D eigenvalue weighted by molar-refractivity contribution is 5.05. The van der Waals surface area contributed by atoms with E-state index in [1.807, 2.05) is 24.0 Å². The summed E-state index contributed by atoms with van der Waals surface area (Å²) in [6.07, 6.45) is 3.14. The van der Waals surface area contributed by atoms with Gasteiger partial charge in [0, 0.05) is 26.2 Å². The van der Waals surface area contributed by atoms with E-state index >= 15 is 0 Å². The smallest absolute Gasteiger partial charge is 0.138 e. The van der Waals surface area contributed by atoms with Crippen LogP contribution in [0.15, 0.2) is 18.6 Å². The van der Waals surface area contributed by atoms with E-state index in [2.05, 4.69) is 29.0 Å². The molecule has 1 unspecified atom stereocenters. The summed E-state index contributed by atoms with van der Waals surface area (Å²) in [6, 6.07) is 1.81. The minimum atomic E-state index is -0.638. The van der Waals surface area contributed by atoms with Gasteiger partial charge in [0.05, 0.1) is 5.69 Å². The summed E-state index contributed by atoms with van der Waals surface area (Å²) in [4.78, 5) is 4.20. The predicted octanol–water partition coefficient (Wildman–Crippen LogP) is 0.944. The number of nitrogens with zero attached hydrogens (tertiary/aromatic N) is 5. The highest BCUT2D eigenvalue weighted by atomic mass is 16.3. The lowest BCUT2D eigenvalue weighted by Gasteiger charge is -2.11. The fraction of sp³-hybridized carbons (Fsp3) is 0.583. The van der Waals surface area contributed by atoms with Crippen molar-refractivity contribution in [1.29, 1.82) is 0 Å². The average molecular weight is 249 g/mol. The monoisotopic (exact) mass is 249 g/mol. The molecule has 0 fully saturated rings. The molecule has 0 aromatic carbocycles. The number of rotatable bonds is 5.